The zero-order valence-electron chi connectivity index (χ0n) is 10.8. The number of nitrogens with two attached hydrogens (primary N) is 1. The third kappa shape index (κ3) is 2.69. The monoisotopic (exact) mass is 253 g/mol. The number of hydrogen-bond acceptors (Lipinski definition) is 5. The highest BCUT2D eigenvalue weighted by Crippen LogP contribution is 2.46. The highest BCUT2D eigenvalue weighted by atomic mass is 16.5. The molecule has 0 spiro atoms. The van der Waals surface area contributed by atoms with Crippen LogP contribution in [0.15, 0.2) is 4.52 Å². The lowest BCUT2D eigenvalue weighted by Crippen LogP contribution is -2.35. The van der Waals surface area contributed by atoms with E-state index < -0.39 is 11.5 Å². The third-order valence-electron chi connectivity index (χ3n) is 3.51. The molecule has 1 heterocycles. The van der Waals surface area contributed by atoms with Gasteiger partial charge in [0.05, 0.1) is 12.0 Å². The normalized spacial score (nSPS) is 26.4. The van der Waals surface area contributed by atoms with Gasteiger partial charge in [-0.15, -0.1) is 0 Å². The first kappa shape index (κ1) is 13.0. The van der Waals surface area contributed by atoms with Crippen molar-refractivity contribution in [3.63, 3.8) is 0 Å². The van der Waals surface area contributed by atoms with Gasteiger partial charge >= 0.3 is 5.97 Å². The van der Waals surface area contributed by atoms with Gasteiger partial charge in [-0.05, 0) is 24.7 Å². The van der Waals surface area contributed by atoms with Gasteiger partial charge in [0.1, 0.15) is 0 Å². The number of carboxylic acid groups (broad SMARTS) is 1. The molecule has 100 valence electrons. The zero-order valence-corrected chi connectivity index (χ0v) is 10.8. The van der Waals surface area contributed by atoms with Crippen molar-refractivity contribution in [3.8, 4) is 0 Å². The van der Waals surface area contributed by atoms with Crippen LogP contribution in [0.2, 0.25) is 0 Å². The summed E-state index contributed by atoms with van der Waals surface area (Å²) in [6.45, 7) is 4.35. The van der Waals surface area contributed by atoms with Crippen molar-refractivity contribution in [1.82, 2.24) is 10.1 Å². The van der Waals surface area contributed by atoms with E-state index in [0.29, 0.717) is 11.7 Å². The zero-order chi connectivity index (χ0) is 13.4. The number of aromatic nitrogens is 2. The van der Waals surface area contributed by atoms with Gasteiger partial charge in [-0.25, -0.2) is 0 Å². The fourth-order valence-corrected chi connectivity index (χ4v) is 2.56. The summed E-state index contributed by atoms with van der Waals surface area (Å²) in [7, 11) is 0. The molecule has 0 saturated heterocycles. The maximum absolute atomic E-state index is 10.5. The molecule has 2 rings (SSSR count). The van der Waals surface area contributed by atoms with Crippen LogP contribution in [0.5, 0.6) is 0 Å². The van der Waals surface area contributed by atoms with Gasteiger partial charge in [-0.1, -0.05) is 19.0 Å². The predicted octanol–water partition coefficient (Wildman–Crippen LogP) is 1.45. The summed E-state index contributed by atoms with van der Waals surface area (Å²) in [5.41, 5.74) is 5.98. The molecular weight excluding hydrogens is 234 g/mol. The van der Waals surface area contributed by atoms with Crippen LogP contribution in [0, 0.1) is 5.41 Å². The van der Waals surface area contributed by atoms with E-state index in [4.69, 9.17) is 15.4 Å². The molecule has 6 nitrogen and oxygen atoms in total. The van der Waals surface area contributed by atoms with Gasteiger partial charge in [0.2, 0.25) is 5.89 Å². The maximum Gasteiger partial charge on any atom is 0.303 e. The third-order valence-corrected chi connectivity index (χ3v) is 3.51. The molecule has 3 N–H and O–H groups in total. The average Bonchev–Trinajstić information content (AvgIpc) is 2.81. The number of hydrogen-bond donors (Lipinski definition) is 2. The Bertz CT molecular complexity index is 455. The van der Waals surface area contributed by atoms with Crippen LogP contribution in [0.25, 0.3) is 0 Å². The Kier molecular flexibility index (Phi) is 3.14. The average molecular weight is 253 g/mol. The Labute approximate surface area is 106 Å². The van der Waals surface area contributed by atoms with Crippen molar-refractivity contribution in [2.45, 2.75) is 51.5 Å². The summed E-state index contributed by atoms with van der Waals surface area (Å²) in [6, 6.07) is 0. The summed E-state index contributed by atoms with van der Waals surface area (Å²) >= 11 is 0. The standard InChI is InChI=1S/C12H19N3O3/c1-11(2)5-6-12(13,7-11)10-14-8(18-15-10)3-4-9(16)17/h3-7,13H2,1-2H3,(H,16,17). The highest BCUT2D eigenvalue weighted by Gasteiger charge is 2.44. The van der Waals surface area contributed by atoms with Gasteiger partial charge in [-0.2, -0.15) is 4.98 Å². The number of aliphatic carboxylic acids is 1. The molecule has 0 bridgehead atoms. The van der Waals surface area contributed by atoms with Crippen LogP contribution in [-0.4, -0.2) is 21.2 Å². The number of carbonyl (C=O) groups is 1. The van der Waals surface area contributed by atoms with Gasteiger partial charge in [0, 0.05) is 6.42 Å². The summed E-state index contributed by atoms with van der Waals surface area (Å²) in [5, 5.41) is 12.5. The molecule has 0 aliphatic heterocycles. The molecule has 0 amide bonds. The molecular formula is C12H19N3O3. The molecule has 1 fully saturated rings. The largest absolute Gasteiger partial charge is 0.481 e. The minimum atomic E-state index is -0.876. The fourth-order valence-electron chi connectivity index (χ4n) is 2.56. The van der Waals surface area contributed by atoms with Crippen molar-refractivity contribution in [2.24, 2.45) is 11.1 Å². The second-order valence-electron chi connectivity index (χ2n) is 5.90. The van der Waals surface area contributed by atoms with Crippen molar-refractivity contribution < 1.29 is 14.4 Å². The smallest absolute Gasteiger partial charge is 0.303 e. The van der Waals surface area contributed by atoms with E-state index in [9.17, 15) is 4.79 Å². The van der Waals surface area contributed by atoms with Gasteiger partial charge in [-0.3, -0.25) is 4.79 Å². The van der Waals surface area contributed by atoms with Crippen molar-refractivity contribution in [2.75, 3.05) is 0 Å². The molecule has 0 radical (unpaired) electrons. The lowest BCUT2D eigenvalue weighted by atomic mass is 9.88. The molecule has 0 aromatic carbocycles. The summed E-state index contributed by atoms with van der Waals surface area (Å²) in [5.74, 6) is -0.0189. The van der Waals surface area contributed by atoms with E-state index >= 15 is 0 Å². The number of aryl methyl sites for hydroxylation is 1. The lowest BCUT2D eigenvalue weighted by molar-refractivity contribution is -0.137. The van der Waals surface area contributed by atoms with Gasteiger partial charge < -0.3 is 15.4 Å². The molecule has 6 heteroatoms. The second-order valence-corrected chi connectivity index (χ2v) is 5.90. The molecule has 1 unspecified atom stereocenters. The van der Waals surface area contributed by atoms with E-state index in [1.807, 2.05) is 0 Å². The second kappa shape index (κ2) is 4.35. The molecule has 1 aromatic rings. The number of carboxylic acids is 1. The Morgan fingerprint density at radius 2 is 2.22 bits per heavy atom. The maximum atomic E-state index is 10.5. The van der Waals surface area contributed by atoms with Crippen LogP contribution in [-0.2, 0) is 16.8 Å². The molecule has 1 aromatic heterocycles. The molecule has 18 heavy (non-hydrogen) atoms. The van der Waals surface area contributed by atoms with Crippen LogP contribution in [0.3, 0.4) is 0 Å². The fraction of sp³-hybridized carbons (Fsp3) is 0.750. The Morgan fingerprint density at radius 3 is 2.78 bits per heavy atom. The molecule has 1 saturated carbocycles. The first-order chi connectivity index (χ1) is 8.31. The highest BCUT2D eigenvalue weighted by molar-refractivity contribution is 5.66. The first-order valence-electron chi connectivity index (χ1n) is 6.15. The first-order valence-corrected chi connectivity index (χ1v) is 6.15. The van der Waals surface area contributed by atoms with E-state index in [-0.39, 0.29) is 18.3 Å². The molecule has 1 aliphatic carbocycles. The molecule has 1 aliphatic rings. The van der Waals surface area contributed by atoms with Crippen molar-refractivity contribution >= 4 is 5.97 Å². The van der Waals surface area contributed by atoms with Crippen LogP contribution in [0.4, 0.5) is 0 Å². The summed E-state index contributed by atoms with van der Waals surface area (Å²) in [6.07, 6.45) is 2.92. The van der Waals surface area contributed by atoms with Gasteiger partial charge in [0.25, 0.3) is 0 Å². The minimum Gasteiger partial charge on any atom is -0.481 e. The van der Waals surface area contributed by atoms with Crippen molar-refractivity contribution in [1.29, 1.82) is 0 Å². The van der Waals surface area contributed by atoms with Crippen LogP contribution < -0.4 is 5.73 Å². The topological polar surface area (TPSA) is 102 Å². The Hall–Kier alpha value is -1.43. The van der Waals surface area contributed by atoms with E-state index in [1.54, 1.807) is 0 Å². The van der Waals surface area contributed by atoms with Crippen LogP contribution in [0.1, 0.15) is 51.2 Å². The Morgan fingerprint density at radius 1 is 1.50 bits per heavy atom. The molecule has 1 atom stereocenters. The lowest BCUT2D eigenvalue weighted by Gasteiger charge is -2.22. The predicted molar refractivity (Wildman–Crippen MR) is 63.8 cm³/mol. The number of nitrogens with zero attached hydrogens (tertiary/aromatic N) is 2. The van der Waals surface area contributed by atoms with Gasteiger partial charge in [0.15, 0.2) is 5.82 Å². The quantitative estimate of drug-likeness (QED) is 0.842. The minimum absolute atomic E-state index is 0.00923. The Balaban J connectivity index is 2.08. The van der Waals surface area contributed by atoms with E-state index in [2.05, 4.69) is 24.0 Å². The SMILES string of the molecule is CC1(C)CCC(N)(c2noc(CCC(=O)O)n2)C1. The van der Waals surface area contributed by atoms with Crippen molar-refractivity contribution in [3.05, 3.63) is 11.7 Å². The van der Waals surface area contributed by atoms with Crippen LogP contribution >= 0.6 is 0 Å². The summed E-state index contributed by atoms with van der Waals surface area (Å²) in [4.78, 5) is 14.7. The van der Waals surface area contributed by atoms with E-state index in [1.165, 1.54) is 0 Å². The van der Waals surface area contributed by atoms with E-state index in [0.717, 1.165) is 19.3 Å². The summed E-state index contributed by atoms with van der Waals surface area (Å²) < 4.78 is 5.06. The number of rotatable bonds is 4.